The maximum Gasteiger partial charge on any atom is 0.253 e. The van der Waals surface area contributed by atoms with E-state index in [0.29, 0.717) is 23.1 Å². The Hall–Kier alpha value is -1.60. The molecule has 146 valence electrons. The van der Waals surface area contributed by atoms with Gasteiger partial charge in [-0.2, -0.15) is 4.31 Å². The molecule has 0 saturated heterocycles. The predicted molar refractivity (Wildman–Crippen MR) is 109 cm³/mol. The number of sulfonamides is 1. The van der Waals surface area contributed by atoms with Crippen molar-refractivity contribution in [1.82, 2.24) is 9.62 Å². The van der Waals surface area contributed by atoms with E-state index in [2.05, 4.69) is 5.32 Å². The molecule has 1 atom stereocenters. The molecule has 1 unspecified atom stereocenters. The van der Waals surface area contributed by atoms with Crippen molar-refractivity contribution in [2.75, 3.05) is 13.1 Å². The number of carbonyl (C=O) groups is 1. The zero-order chi connectivity index (χ0) is 20.2. The molecule has 1 amide bonds. The summed E-state index contributed by atoms with van der Waals surface area (Å²) in [5.74, 6) is -0.352. The smallest absolute Gasteiger partial charge is 0.253 e. The molecular formula is C19H22Cl2N2O3S. The van der Waals surface area contributed by atoms with Crippen LogP contribution in [-0.2, 0) is 10.0 Å². The van der Waals surface area contributed by atoms with Crippen molar-refractivity contribution in [2.45, 2.75) is 31.7 Å². The average molecular weight is 429 g/mol. The molecule has 0 aromatic heterocycles. The number of nitrogens with one attached hydrogen (secondary N) is 1. The summed E-state index contributed by atoms with van der Waals surface area (Å²) in [6, 6.07) is 10.8. The maximum absolute atomic E-state index is 12.5. The molecule has 0 aliphatic heterocycles. The molecule has 0 radical (unpaired) electrons. The van der Waals surface area contributed by atoms with Gasteiger partial charge in [-0.3, -0.25) is 4.79 Å². The van der Waals surface area contributed by atoms with Crippen LogP contribution in [0.15, 0.2) is 47.4 Å². The van der Waals surface area contributed by atoms with E-state index < -0.39 is 10.0 Å². The summed E-state index contributed by atoms with van der Waals surface area (Å²) >= 11 is 12.0. The standard InChI is InChI=1S/C19H22Cl2N2O3S/c1-4-23(5-2)27(25,26)16-9-6-14(7-10-16)13(3)22-19(24)17-12-15(20)8-11-18(17)21/h6-13H,4-5H2,1-3H3,(H,22,24). The first-order valence-electron chi connectivity index (χ1n) is 8.56. The van der Waals surface area contributed by atoms with Gasteiger partial charge in [0.2, 0.25) is 10.0 Å². The Morgan fingerprint density at radius 2 is 1.67 bits per heavy atom. The maximum atomic E-state index is 12.5. The lowest BCUT2D eigenvalue weighted by Gasteiger charge is -2.19. The van der Waals surface area contributed by atoms with Gasteiger partial charge in [0.15, 0.2) is 0 Å². The van der Waals surface area contributed by atoms with Crippen molar-refractivity contribution < 1.29 is 13.2 Å². The minimum Gasteiger partial charge on any atom is -0.345 e. The third-order valence-corrected chi connectivity index (χ3v) is 6.87. The zero-order valence-electron chi connectivity index (χ0n) is 15.4. The number of nitrogens with zero attached hydrogens (tertiary/aromatic N) is 1. The summed E-state index contributed by atoms with van der Waals surface area (Å²) in [6.07, 6.45) is 0. The van der Waals surface area contributed by atoms with Crippen LogP contribution in [0.25, 0.3) is 0 Å². The summed E-state index contributed by atoms with van der Waals surface area (Å²) in [5.41, 5.74) is 1.07. The van der Waals surface area contributed by atoms with E-state index >= 15 is 0 Å². The van der Waals surface area contributed by atoms with Gasteiger partial charge in [0.05, 0.1) is 21.5 Å². The number of hydrogen-bond donors (Lipinski definition) is 1. The average Bonchev–Trinajstić information content (AvgIpc) is 2.64. The van der Waals surface area contributed by atoms with Crippen molar-refractivity contribution in [3.05, 3.63) is 63.6 Å². The van der Waals surface area contributed by atoms with Crippen LogP contribution in [0.2, 0.25) is 10.0 Å². The normalized spacial score (nSPS) is 12.8. The van der Waals surface area contributed by atoms with Crippen molar-refractivity contribution in [1.29, 1.82) is 0 Å². The molecule has 0 saturated carbocycles. The lowest BCUT2D eigenvalue weighted by molar-refractivity contribution is 0.0940. The van der Waals surface area contributed by atoms with Gasteiger partial charge in [0.25, 0.3) is 5.91 Å². The summed E-state index contributed by atoms with van der Waals surface area (Å²) in [6.45, 7) is 6.23. The summed E-state index contributed by atoms with van der Waals surface area (Å²) in [4.78, 5) is 12.7. The molecule has 0 heterocycles. The molecule has 0 spiro atoms. The first kappa shape index (κ1) is 21.7. The van der Waals surface area contributed by atoms with Gasteiger partial charge in [0.1, 0.15) is 0 Å². The Morgan fingerprint density at radius 1 is 1.07 bits per heavy atom. The molecule has 5 nitrogen and oxygen atoms in total. The highest BCUT2D eigenvalue weighted by atomic mass is 35.5. The second-order valence-electron chi connectivity index (χ2n) is 5.98. The number of halogens is 2. The minimum atomic E-state index is -3.51. The van der Waals surface area contributed by atoms with Gasteiger partial charge in [-0.1, -0.05) is 49.2 Å². The fourth-order valence-corrected chi connectivity index (χ4v) is 4.50. The molecule has 0 aliphatic carbocycles. The van der Waals surface area contributed by atoms with E-state index in [1.165, 1.54) is 10.4 Å². The largest absolute Gasteiger partial charge is 0.345 e. The Kier molecular flexibility index (Phi) is 7.28. The summed E-state index contributed by atoms with van der Waals surface area (Å²) < 4.78 is 26.5. The third-order valence-electron chi connectivity index (χ3n) is 4.24. The second kappa shape index (κ2) is 9.06. The van der Waals surface area contributed by atoms with Crippen LogP contribution in [0.4, 0.5) is 0 Å². The first-order chi connectivity index (χ1) is 12.7. The van der Waals surface area contributed by atoms with Crippen LogP contribution < -0.4 is 5.32 Å². The van der Waals surface area contributed by atoms with E-state index in [4.69, 9.17) is 23.2 Å². The Labute approximate surface area is 170 Å². The fourth-order valence-electron chi connectivity index (χ4n) is 2.67. The van der Waals surface area contributed by atoms with E-state index in [1.54, 1.807) is 50.2 Å². The molecule has 1 N–H and O–H groups in total. The molecule has 8 heteroatoms. The molecule has 0 fully saturated rings. The third kappa shape index (κ3) is 5.02. The van der Waals surface area contributed by atoms with E-state index in [-0.39, 0.29) is 22.4 Å². The van der Waals surface area contributed by atoms with Crippen molar-refractivity contribution in [3.8, 4) is 0 Å². The van der Waals surface area contributed by atoms with Gasteiger partial charge in [-0.05, 0) is 42.8 Å². The Morgan fingerprint density at radius 3 is 2.22 bits per heavy atom. The highest BCUT2D eigenvalue weighted by molar-refractivity contribution is 7.89. The number of hydrogen-bond acceptors (Lipinski definition) is 3. The van der Waals surface area contributed by atoms with Gasteiger partial charge in [-0.25, -0.2) is 8.42 Å². The molecule has 27 heavy (non-hydrogen) atoms. The fraction of sp³-hybridized carbons (Fsp3) is 0.316. The van der Waals surface area contributed by atoms with E-state index in [0.717, 1.165) is 5.56 Å². The van der Waals surface area contributed by atoms with Crippen LogP contribution in [0.5, 0.6) is 0 Å². The van der Waals surface area contributed by atoms with Crippen molar-refractivity contribution >= 4 is 39.1 Å². The van der Waals surface area contributed by atoms with Crippen LogP contribution in [0.1, 0.15) is 42.7 Å². The quantitative estimate of drug-likeness (QED) is 0.704. The summed E-state index contributed by atoms with van der Waals surface area (Å²) in [5, 5.41) is 3.57. The number of carbonyl (C=O) groups excluding carboxylic acids is 1. The van der Waals surface area contributed by atoms with Gasteiger partial charge in [-0.15, -0.1) is 0 Å². The van der Waals surface area contributed by atoms with Crippen LogP contribution in [-0.4, -0.2) is 31.7 Å². The molecule has 0 aliphatic rings. The number of benzene rings is 2. The summed E-state index contributed by atoms with van der Waals surface area (Å²) in [7, 11) is -3.51. The van der Waals surface area contributed by atoms with E-state index in [9.17, 15) is 13.2 Å². The molecule has 0 bridgehead atoms. The first-order valence-corrected chi connectivity index (χ1v) is 10.8. The van der Waals surface area contributed by atoms with Gasteiger partial charge in [0, 0.05) is 18.1 Å². The monoisotopic (exact) mass is 428 g/mol. The lowest BCUT2D eigenvalue weighted by Crippen LogP contribution is -2.30. The van der Waals surface area contributed by atoms with Crippen molar-refractivity contribution in [3.63, 3.8) is 0 Å². The molecule has 2 aromatic rings. The molecular weight excluding hydrogens is 407 g/mol. The second-order valence-corrected chi connectivity index (χ2v) is 8.76. The number of amides is 1. The Balaban J connectivity index is 2.17. The van der Waals surface area contributed by atoms with Crippen molar-refractivity contribution in [2.24, 2.45) is 0 Å². The van der Waals surface area contributed by atoms with Crippen LogP contribution in [0.3, 0.4) is 0 Å². The number of rotatable bonds is 7. The van der Waals surface area contributed by atoms with Crippen LogP contribution >= 0.6 is 23.2 Å². The topological polar surface area (TPSA) is 66.5 Å². The van der Waals surface area contributed by atoms with Crippen LogP contribution in [0, 0.1) is 0 Å². The minimum absolute atomic E-state index is 0.228. The van der Waals surface area contributed by atoms with Gasteiger partial charge < -0.3 is 5.32 Å². The highest BCUT2D eigenvalue weighted by Gasteiger charge is 2.22. The molecule has 2 rings (SSSR count). The molecule has 2 aromatic carbocycles. The SMILES string of the molecule is CCN(CC)S(=O)(=O)c1ccc(C(C)NC(=O)c2cc(Cl)ccc2Cl)cc1. The van der Waals surface area contributed by atoms with Gasteiger partial charge >= 0.3 is 0 Å². The predicted octanol–water partition coefficient (Wildman–Crippen LogP) is 4.51. The zero-order valence-corrected chi connectivity index (χ0v) is 17.7. The highest BCUT2D eigenvalue weighted by Crippen LogP contribution is 2.23. The Bertz CT molecular complexity index is 911. The lowest BCUT2D eigenvalue weighted by atomic mass is 10.1. The van der Waals surface area contributed by atoms with E-state index in [1.807, 2.05) is 6.92 Å².